The summed E-state index contributed by atoms with van der Waals surface area (Å²) < 4.78 is 0. The SMILES string of the molecule is CC1=C(C(C)C)CCNC1. The summed E-state index contributed by atoms with van der Waals surface area (Å²) in [6.07, 6.45) is 1.25. The molecule has 0 aromatic rings. The van der Waals surface area contributed by atoms with E-state index in [1.165, 1.54) is 13.0 Å². The predicted octanol–water partition coefficient (Wildman–Crippen LogP) is 1.95. The van der Waals surface area contributed by atoms with Gasteiger partial charge in [0.2, 0.25) is 0 Å². The molecule has 0 unspecified atom stereocenters. The Labute approximate surface area is 63.5 Å². The number of rotatable bonds is 1. The van der Waals surface area contributed by atoms with Crippen LogP contribution in [0, 0.1) is 5.92 Å². The van der Waals surface area contributed by atoms with Crippen molar-refractivity contribution in [3.63, 3.8) is 0 Å². The number of hydrogen-bond acceptors (Lipinski definition) is 1. The smallest absolute Gasteiger partial charge is 0.0164 e. The summed E-state index contributed by atoms with van der Waals surface area (Å²) in [4.78, 5) is 0. The fourth-order valence-electron chi connectivity index (χ4n) is 1.61. The molecule has 1 N–H and O–H groups in total. The molecule has 0 spiro atoms. The van der Waals surface area contributed by atoms with Crippen LogP contribution in [0.4, 0.5) is 0 Å². The maximum atomic E-state index is 3.36. The van der Waals surface area contributed by atoms with E-state index in [1.54, 1.807) is 11.1 Å². The lowest BCUT2D eigenvalue weighted by atomic mass is 9.93. The Hall–Kier alpha value is -0.300. The molecule has 0 fully saturated rings. The molecule has 1 heteroatoms. The van der Waals surface area contributed by atoms with Crippen LogP contribution in [0.3, 0.4) is 0 Å². The Balaban J connectivity index is 2.68. The average molecular weight is 139 g/mol. The molecule has 0 aromatic carbocycles. The van der Waals surface area contributed by atoms with E-state index in [2.05, 4.69) is 26.1 Å². The highest BCUT2D eigenvalue weighted by atomic mass is 14.9. The van der Waals surface area contributed by atoms with Crippen LogP contribution in [0.2, 0.25) is 0 Å². The molecule has 10 heavy (non-hydrogen) atoms. The first-order valence-electron chi connectivity index (χ1n) is 4.11. The van der Waals surface area contributed by atoms with Crippen molar-refractivity contribution in [3.8, 4) is 0 Å². The molecule has 1 aliphatic heterocycles. The molecule has 1 nitrogen and oxygen atoms in total. The summed E-state index contributed by atoms with van der Waals surface area (Å²) in [5.41, 5.74) is 3.22. The summed E-state index contributed by atoms with van der Waals surface area (Å²) in [7, 11) is 0. The van der Waals surface area contributed by atoms with Gasteiger partial charge in [-0.3, -0.25) is 0 Å². The van der Waals surface area contributed by atoms with Gasteiger partial charge in [0.25, 0.3) is 0 Å². The fraction of sp³-hybridized carbons (Fsp3) is 0.778. The first-order chi connectivity index (χ1) is 4.72. The molecule has 1 aliphatic rings. The second-order valence-electron chi connectivity index (χ2n) is 3.39. The molecule has 0 saturated heterocycles. The standard InChI is InChI=1S/C9H17N/c1-7(2)9-4-5-10-6-8(9)3/h7,10H,4-6H2,1-3H3. The van der Waals surface area contributed by atoms with E-state index in [1.807, 2.05) is 0 Å². The van der Waals surface area contributed by atoms with Gasteiger partial charge < -0.3 is 5.32 Å². The summed E-state index contributed by atoms with van der Waals surface area (Å²) in [5, 5.41) is 3.36. The lowest BCUT2D eigenvalue weighted by molar-refractivity contribution is 0.606. The van der Waals surface area contributed by atoms with E-state index in [-0.39, 0.29) is 0 Å². The molecular formula is C9H17N. The molecule has 0 amide bonds. The molecule has 0 radical (unpaired) electrons. The van der Waals surface area contributed by atoms with Crippen molar-refractivity contribution < 1.29 is 0 Å². The minimum atomic E-state index is 0.752. The van der Waals surface area contributed by atoms with Gasteiger partial charge in [0.15, 0.2) is 0 Å². The fourth-order valence-corrected chi connectivity index (χ4v) is 1.61. The van der Waals surface area contributed by atoms with Crippen molar-refractivity contribution in [2.24, 2.45) is 5.92 Å². The minimum Gasteiger partial charge on any atom is -0.313 e. The molecular weight excluding hydrogens is 122 g/mol. The number of hydrogen-bond donors (Lipinski definition) is 1. The summed E-state index contributed by atoms with van der Waals surface area (Å²) in [5.74, 6) is 0.752. The monoisotopic (exact) mass is 139 g/mol. The van der Waals surface area contributed by atoms with Crippen molar-refractivity contribution in [3.05, 3.63) is 11.1 Å². The Morgan fingerprint density at radius 1 is 1.40 bits per heavy atom. The van der Waals surface area contributed by atoms with Gasteiger partial charge in [0, 0.05) is 6.54 Å². The zero-order chi connectivity index (χ0) is 7.56. The summed E-state index contributed by atoms with van der Waals surface area (Å²) in [6, 6.07) is 0. The first kappa shape index (κ1) is 7.80. The molecule has 0 bridgehead atoms. The Morgan fingerprint density at radius 3 is 2.50 bits per heavy atom. The van der Waals surface area contributed by atoms with Gasteiger partial charge in [-0.05, 0) is 25.8 Å². The van der Waals surface area contributed by atoms with Gasteiger partial charge in [-0.15, -0.1) is 0 Å². The van der Waals surface area contributed by atoms with Gasteiger partial charge in [-0.25, -0.2) is 0 Å². The topological polar surface area (TPSA) is 12.0 Å². The van der Waals surface area contributed by atoms with Gasteiger partial charge in [0.1, 0.15) is 0 Å². The lowest BCUT2D eigenvalue weighted by Gasteiger charge is -2.21. The van der Waals surface area contributed by atoms with Gasteiger partial charge in [-0.2, -0.15) is 0 Å². The maximum Gasteiger partial charge on any atom is 0.0164 e. The highest BCUT2D eigenvalue weighted by Gasteiger charge is 2.10. The third-order valence-corrected chi connectivity index (χ3v) is 2.21. The van der Waals surface area contributed by atoms with Crippen LogP contribution in [0.15, 0.2) is 11.1 Å². The highest BCUT2D eigenvalue weighted by molar-refractivity contribution is 5.18. The van der Waals surface area contributed by atoms with Crippen LogP contribution in [0.5, 0.6) is 0 Å². The second-order valence-corrected chi connectivity index (χ2v) is 3.39. The lowest BCUT2D eigenvalue weighted by Crippen LogP contribution is -2.25. The van der Waals surface area contributed by atoms with Crippen LogP contribution < -0.4 is 5.32 Å². The van der Waals surface area contributed by atoms with Crippen LogP contribution in [-0.4, -0.2) is 13.1 Å². The largest absolute Gasteiger partial charge is 0.313 e. The zero-order valence-electron chi connectivity index (χ0n) is 7.20. The van der Waals surface area contributed by atoms with Gasteiger partial charge >= 0.3 is 0 Å². The maximum absolute atomic E-state index is 3.36. The van der Waals surface area contributed by atoms with Gasteiger partial charge in [0.05, 0.1) is 0 Å². The van der Waals surface area contributed by atoms with E-state index >= 15 is 0 Å². The molecule has 58 valence electrons. The summed E-state index contributed by atoms with van der Waals surface area (Å²) >= 11 is 0. The van der Waals surface area contributed by atoms with Crippen molar-refractivity contribution in [2.75, 3.05) is 13.1 Å². The second kappa shape index (κ2) is 3.20. The van der Waals surface area contributed by atoms with Crippen LogP contribution in [-0.2, 0) is 0 Å². The van der Waals surface area contributed by atoms with Crippen molar-refractivity contribution in [1.29, 1.82) is 0 Å². The van der Waals surface area contributed by atoms with E-state index < -0.39 is 0 Å². The average Bonchev–Trinajstić information content (AvgIpc) is 1.88. The molecule has 1 heterocycles. The minimum absolute atomic E-state index is 0.752. The number of nitrogens with one attached hydrogen (secondary N) is 1. The quantitative estimate of drug-likeness (QED) is 0.547. The van der Waals surface area contributed by atoms with E-state index in [0.717, 1.165) is 12.5 Å². The normalized spacial score (nSPS) is 20.4. The van der Waals surface area contributed by atoms with Crippen LogP contribution in [0.1, 0.15) is 27.2 Å². The molecule has 1 rings (SSSR count). The predicted molar refractivity (Wildman–Crippen MR) is 45.0 cm³/mol. The summed E-state index contributed by atoms with van der Waals surface area (Å²) in [6.45, 7) is 9.08. The molecule has 0 atom stereocenters. The van der Waals surface area contributed by atoms with Gasteiger partial charge in [-0.1, -0.05) is 25.0 Å². The van der Waals surface area contributed by atoms with Crippen molar-refractivity contribution in [1.82, 2.24) is 5.32 Å². The molecule has 0 aliphatic carbocycles. The third kappa shape index (κ3) is 1.60. The first-order valence-corrected chi connectivity index (χ1v) is 4.11. The van der Waals surface area contributed by atoms with Crippen molar-refractivity contribution in [2.45, 2.75) is 27.2 Å². The van der Waals surface area contributed by atoms with E-state index in [0.29, 0.717) is 0 Å². The Bertz CT molecular complexity index is 145. The van der Waals surface area contributed by atoms with Crippen LogP contribution >= 0.6 is 0 Å². The van der Waals surface area contributed by atoms with E-state index in [9.17, 15) is 0 Å². The zero-order valence-corrected chi connectivity index (χ0v) is 7.20. The Morgan fingerprint density at radius 2 is 2.10 bits per heavy atom. The Kier molecular flexibility index (Phi) is 2.50. The molecule has 0 aromatic heterocycles. The van der Waals surface area contributed by atoms with Crippen LogP contribution in [0.25, 0.3) is 0 Å². The third-order valence-electron chi connectivity index (χ3n) is 2.21. The highest BCUT2D eigenvalue weighted by Crippen LogP contribution is 2.19. The van der Waals surface area contributed by atoms with E-state index in [4.69, 9.17) is 0 Å². The molecule has 0 saturated carbocycles. The van der Waals surface area contributed by atoms with Crippen molar-refractivity contribution >= 4 is 0 Å².